The summed E-state index contributed by atoms with van der Waals surface area (Å²) in [5.74, 6) is -1.24. The molecule has 0 aromatic carbocycles. The quantitative estimate of drug-likeness (QED) is 0.211. The van der Waals surface area contributed by atoms with E-state index in [0.29, 0.717) is 24.7 Å². The second-order valence-electron chi connectivity index (χ2n) is 21.0. The summed E-state index contributed by atoms with van der Waals surface area (Å²) in [6, 6.07) is 0. The predicted octanol–water partition coefficient (Wildman–Crippen LogP) is 8.02. The largest absolute Gasteiger partial charge is 0.481 e. The molecule has 0 bridgehead atoms. The molecule has 10 atom stereocenters. The number of esters is 1. The Morgan fingerprint density at radius 1 is 0.852 bits per heavy atom. The molecule has 2 unspecified atom stereocenters. The molecule has 6 rings (SSSR count). The topological polar surface area (TPSA) is 148 Å². The summed E-state index contributed by atoms with van der Waals surface area (Å²) in [5, 5.41) is 15.8. The highest BCUT2D eigenvalue weighted by Crippen LogP contribution is 2.76. The summed E-state index contributed by atoms with van der Waals surface area (Å²) in [6.45, 7) is 25.3. The number of ether oxygens (including phenoxy) is 2. The number of rotatable bonds is 8. The van der Waals surface area contributed by atoms with Crippen LogP contribution in [0.5, 0.6) is 0 Å². The molecule has 5 fully saturated rings. The smallest absolute Gasteiger partial charge is 0.407 e. The van der Waals surface area contributed by atoms with Crippen LogP contribution >= 0.6 is 0 Å². The van der Waals surface area contributed by atoms with Crippen LogP contribution in [-0.2, 0) is 28.7 Å². The Balaban J connectivity index is 1.27. The molecule has 0 aromatic heterocycles. The standard InChI is InChI=1S/C44H68N2O8/c1-13-53-37(52)46-40(8,9)36(51)45-44-21-20-42(11)25(33(44)32(24(2)3)28(47)23-44)14-15-30-41(10)18-17-31(39(6,7)29(41)16-19-43(30,42)12)54-35(50)27-22-26(34(48)49)38(27,4)5/h24-27,29-31H,13-23H2,1-12H3,(H,45,51)(H,46,52)(H,48,49)/t25?,26-,27+,29-,30+,31-,41-,42+,43?,44+/m0/s1. The molecule has 0 heterocycles. The Hall–Kier alpha value is -2.91. The first kappa shape index (κ1) is 40.7. The van der Waals surface area contributed by atoms with Gasteiger partial charge in [0.2, 0.25) is 5.91 Å². The molecule has 54 heavy (non-hydrogen) atoms. The van der Waals surface area contributed by atoms with Gasteiger partial charge in [0.15, 0.2) is 5.78 Å². The maximum Gasteiger partial charge on any atom is 0.407 e. The molecule has 10 heteroatoms. The molecule has 6 aliphatic rings. The van der Waals surface area contributed by atoms with Gasteiger partial charge in [-0.2, -0.15) is 0 Å². The fourth-order valence-electron chi connectivity index (χ4n) is 13.8. The van der Waals surface area contributed by atoms with Crippen molar-refractivity contribution >= 4 is 29.7 Å². The number of amides is 2. The molecule has 3 N–H and O–H groups in total. The summed E-state index contributed by atoms with van der Waals surface area (Å²) in [5.41, 5.74) is -0.928. The van der Waals surface area contributed by atoms with E-state index >= 15 is 0 Å². The van der Waals surface area contributed by atoms with E-state index in [4.69, 9.17) is 9.47 Å². The van der Waals surface area contributed by atoms with Crippen LogP contribution in [0, 0.1) is 62.6 Å². The number of carbonyl (C=O) groups is 5. The zero-order chi connectivity index (χ0) is 40.2. The SMILES string of the molecule is CCOC(=O)NC(C)(C)C(=O)N[C@@]12CC[C@]3(C)C(CC[C@H]4C3(C)CC[C@H]3C(C)(C)[C@@H](OC(=O)[C@H]5C[C@@H](C(=O)O)C5(C)C)CC[C@@]34C)C1=C(C(C)C)C(=O)C2. The van der Waals surface area contributed by atoms with Crippen molar-refractivity contribution in [1.82, 2.24) is 10.6 Å². The zero-order valence-corrected chi connectivity index (χ0v) is 35.1. The number of hydrogen-bond acceptors (Lipinski definition) is 7. The second-order valence-corrected chi connectivity index (χ2v) is 21.0. The number of Topliss-reactive ketones (excluding diaryl/α,β-unsaturated/α-hetero) is 1. The van der Waals surface area contributed by atoms with Crippen LogP contribution in [0.25, 0.3) is 0 Å². The molecule has 6 aliphatic carbocycles. The number of allylic oxidation sites excluding steroid dienone is 1. The number of hydrogen-bond donors (Lipinski definition) is 3. The molecule has 10 nitrogen and oxygen atoms in total. The van der Waals surface area contributed by atoms with Gasteiger partial charge in [-0.25, -0.2) is 4.79 Å². The molecule has 0 saturated heterocycles. The maximum absolute atomic E-state index is 14.0. The van der Waals surface area contributed by atoms with Gasteiger partial charge in [-0.15, -0.1) is 0 Å². The van der Waals surface area contributed by atoms with Gasteiger partial charge in [-0.05, 0) is 135 Å². The average molecular weight is 753 g/mol. The van der Waals surface area contributed by atoms with Gasteiger partial charge in [-0.1, -0.05) is 62.3 Å². The molecule has 5 saturated carbocycles. The van der Waals surface area contributed by atoms with Gasteiger partial charge in [0, 0.05) is 11.8 Å². The Kier molecular flexibility index (Phi) is 9.86. The molecular weight excluding hydrogens is 684 g/mol. The number of fused-ring (bicyclic) bond motifs is 7. The predicted molar refractivity (Wildman–Crippen MR) is 205 cm³/mol. The first-order chi connectivity index (χ1) is 24.8. The van der Waals surface area contributed by atoms with Gasteiger partial charge in [0.25, 0.3) is 0 Å². The Labute approximate surface area is 323 Å². The minimum absolute atomic E-state index is 0.00973. The zero-order valence-electron chi connectivity index (χ0n) is 35.1. The second kappa shape index (κ2) is 13.1. The normalized spacial score (nSPS) is 40.6. The number of carboxylic acid groups (broad SMARTS) is 1. The number of ketones is 1. The van der Waals surface area contributed by atoms with E-state index in [9.17, 15) is 29.1 Å². The van der Waals surface area contributed by atoms with E-state index in [1.165, 1.54) is 0 Å². The van der Waals surface area contributed by atoms with Crippen molar-refractivity contribution in [2.24, 2.45) is 62.6 Å². The first-order valence-corrected chi connectivity index (χ1v) is 20.8. The van der Waals surface area contributed by atoms with Crippen LogP contribution in [0.3, 0.4) is 0 Å². The lowest BCUT2D eigenvalue weighted by Gasteiger charge is -2.72. The first-order valence-electron chi connectivity index (χ1n) is 20.8. The summed E-state index contributed by atoms with van der Waals surface area (Å²) in [7, 11) is 0. The molecular formula is C44H68N2O8. The lowest BCUT2D eigenvalue weighted by Crippen LogP contribution is -2.68. The summed E-state index contributed by atoms with van der Waals surface area (Å²) < 4.78 is 11.5. The van der Waals surface area contributed by atoms with Gasteiger partial charge in [0.05, 0.1) is 24.0 Å². The summed E-state index contributed by atoms with van der Waals surface area (Å²) in [4.78, 5) is 65.8. The average Bonchev–Trinajstić information content (AvgIpc) is 3.33. The van der Waals surface area contributed by atoms with Crippen LogP contribution in [-0.4, -0.2) is 58.6 Å². The fraction of sp³-hybridized carbons (Fsp3) is 0.841. The van der Waals surface area contributed by atoms with Crippen molar-refractivity contribution in [2.45, 2.75) is 164 Å². The minimum Gasteiger partial charge on any atom is -0.481 e. The lowest BCUT2D eigenvalue weighted by atomic mass is 9.33. The molecule has 302 valence electrons. The van der Waals surface area contributed by atoms with Crippen molar-refractivity contribution in [2.75, 3.05) is 6.61 Å². The Morgan fingerprint density at radius 2 is 1.52 bits per heavy atom. The van der Waals surface area contributed by atoms with Crippen LogP contribution in [0.2, 0.25) is 0 Å². The van der Waals surface area contributed by atoms with E-state index in [0.717, 1.165) is 56.1 Å². The van der Waals surface area contributed by atoms with E-state index in [2.05, 4.69) is 59.1 Å². The van der Waals surface area contributed by atoms with Crippen molar-refractivity contribution < 1.29 is 38.6 Å². The van der Waals surface area contributed by atoms with E-state index in [1.807, 2.05) is 13.8 Å². The van der Waals surface area contributed by atoms with Gasteiger partial charge < -0.3 is 25.2 Å². The van der Waals surface area contributed by atoms with Crippen molar-refractivity contribution in [3.8, 4) is 0 Å². The third-order valence-electron chi connectivity index (χ3n) is 17.1. The van der Waals surface area contributed by atoms with Gasteiger partial charge in [0.1, 0.15) is 11.6 Å². The highest BCUT2D eigenvalue weighted by molar-refractivity contribution is 6.03. The lowest BCUT2D eigenvalue weighted by molar-refractivity contribution is -0.235. The highest BCUT2D eigenvalue weighted by Gasteiger charge is 2.70. The van der Waals surface area contributed by atoms with E-state index in [1.54, 1.807) is 20.8 Å². The molecule has 0 aromatic rings. The van der Waals surface area contributed by atoms with Crippen molar-refractivity contribution in [3.63, 3.8) is 0 Å². The third kappa shape index (κ3) is 5.78. The van der Waals surface area contributed by atoms with Crippen LogP contribution in [0.4, 0.5) is 4.79 Å². The molecule has 2 amide bonds. The molecule has 0 spiro atoms. The van der Waals surface area contributed by atoms with Gasteiger partial charge >= 0.3 is 18.0 Å². The summed E-state index contributed by atoms with van der Waals surface area (Å²) in [6.07, 6.45) is 7.08. The number of nitrogens with one attached hydrogen (secondary N) is 2. The monoisotopic (exact) mass is 752 g/mol. The number of alkyl carbamates (subject to hydrolysis) is 1. The van der Waals surface area contributed by atoms with E-state index in [-0.39, 0.29) is 70.3 Å². The Morgan fingerprint density at radius 3 is 2.11 bits per heavy atom. The number of carboxylic acids is 1. The van der Waals surface area contributed by atoms with Crippen LogP contribution < -0.4 is 10.6 Å². The van der Waals surface area contributed by atoms with Crippen molar-refractivity contribution in [1.29, 1.82) is 0 Å². The van der Waals surface area contributed by atoms with Gasteiger partial charge in [-0.3, -0.25) is 19.2 Å². The van der Waals surface area contributed by atoms with Crippen LogP contribution in [0.15, 0.2) is 11.1 Å². The minimum atomic E-state index is -1.23. The van der Waals surface area contributed by atoms with E-state index < -0.39 is 40.4 Å². The summed E-state index contributed by atoms with van der Waals surface area (Å²) >= 11 is 0. The molecule has 0 radical (unpaired) electrons. The number of aliphatic carboxylic acids is 1. The third-order valence-corrected chi connectivity index (χ3v) is 17.1. The Bertz CT molecular complexity index is 1640. The molecule has 0 aliphatic heterocycles. The highest BCUT2D eigenvalue weighted by atomic mass is 16.6. The van der Waals surface area contributed by atoms with Crippen LogP contribution in [0.1, 0.15) is 147 Å². The van der Waals surface area contributed by atoms with Crippen molar-refractivity contribution in [3.05, 3.63) is 11.1 Å². The maximum atomic E-state index is 14.0. The number of carbonyl (C=O) groups excluding carboxylic acids is 4. The fourth-order valence-corrected chi connectivity index (χ4v) is 13.8.